The molecule has 0 radical (unpaired) electrons. The molecule has 0 saturated carbocycles. The fourth-order valence-electron chi connectivity index (χ4n) is 0.246. The van der Waals surface area contributed by atoms with Gasteiger partial charge in [-0.3, -0.25) is 0 Å². The van der Waals surface area contributed by atoms with Gasteiger partial charge in [0.2, 0.25) is 0 Å². The van der Waals surface area contributed by atoms with Gasteiger partial charge in [-0.15, -0.1) is 0 Å². The topological polar surface area (TPSA) is 127 Å². The zero-order valence-corrected chi connectivity index (χ0v) is 6.80. The van der Waals surface area contributed by atoms with E-state index in [9.17, 15) is 0 Å². The molecule has 0 heterocycles. The average molecular weight is 183 g/mol. The molecule has 0 aromatic carbocycles. The van der Waals surface area contributed by atoms with E-state index < -0.39 is 25.4 Å². The molecule has 0 aromatic heterocycles. The summed E-state index contributed by atoms with van der Waals surface area (Å²) in [4.78, 5) is 0. The quantitative estimate of drug-likeness (QED) is 0.255. The highest BCUT2D eigenvalue weighted by Crippen LogP contribution is 1.96. The second-order valence-corrected chi connectivity index (χ2v) is 2.05. The van der Waals surface area contributed by atoms with Gasteiger partial charge in [-0.2, -0.15) is 0 Å². The first-order valence-corrected chi connectivity index (χ1v) is 3.52. The molecular weight excluding hydrogens is 166 g/mol. The SMILES string of the molecule is NCCO.OCC(CO)C(O)O. The second kappa shape index (κ2) is 10.8. The number of rotatable bonds is 4. The molecule has 6 nitrogen and oxygen atoms in total. The van der Waals surface area contributed by atoms with Crippen molar-refractivity contribution in [2.75, 3.05) is 26.4 Å². The zero-order chi connectivity index (χ0) is 9.98. The van der Waals surface area contributed by atoms with Crippen molar-refractivity contribution in [3.05, 3.63) is 0 Å². The summed E-state index contributed by atoms with van der Waals surface area (Å²) in [6.45, 7) is -0.345. The van der Waals surface area contributed by atoms with Crippen LogP contribution in [0.3, 0.4) is 0 Å². The molecule has 0 aliphatic heterocycles. The summed E-state index contributed by atoms with van der Waals surface area (Å²) in [5, 5.41) is 40.7. The van der Waals surface area contributed by atoms with E-state index in [-0.39, 0.29) is 6.61 Å². The molecule has 0 aromatic rings. The molecule has 0 saturated heterocycles. The van der Waals surface area contributed by atoms with E-state index in [1.165, 1.54) is 0 Å². The number of hydrogen-bond donors (Lipinski definition) is 6. The van der Waals surface area contributed by atoms with Crippen molar-refractivity contribution in [1.82, 2.24) is 0 Å². The van der Waals surface area contributed by atoms with Gasteiger partial charge in [-0.05, 0) is 0 Å². The van der Waals surface area contributed by atoms with E-state index >= 15 is 0 Å². The van der Waals surface area contributed by atoms with E-state index in [0.717, 1.165) is 0 Å². The second-order valence-electron chi connectivity index (χ2n) is 2.05. The highest BCUT2D eigenvalue weighted by molar-refractivity contribution is 4.54. The molecular formula is C6H17NO5. The molecule has 0 rings (SSSR count). The normalized spacial score (nSPS) is 10.0. The standard InChI is InChI=1S/C4H10O4.C2H7NO/c5-1-3(2-6)4(7)8;3-1-2-4/h3-8H,1-2H2;4H,1-3H2. The van der Waals surface area contributed by atoms with Crippen LogP contribution >= 0.6 is 0 Å². The first kappa shape index (κ1) is 14.3. The largest absolute Gasteiger partial charge is 0.396 e. The molecule has 0 unspecified atom stereocenters. The molecule has 0 bridgehead atoms. The van der Waals surface area contributed by atoms with Gasteiger partial charge in [0.25, 0.3) is 0 Å². The Morgan fingerprint density at radius 2 is 1.33 bits per heavy atom. The van der Waals surface area contributed by atoms with Crippen LogP contribution in [0, 0.1) is 5.92 Å². The van der Waals surface area contributed by atoms with E-state index in [1.54, 1.807) is 0 Å². The Kier molecular flexibility index (Phi) is 12.8. The summed E-state index contributed by atoms with van der Waals surface area (Å²) in [6.07, 6.45) is -1.62. The Labute approximate surface area is 70.9 Å². The summed E-state index contributed by atoms with van der Waals surface area (Å²) in [5.74, 6) is -0.824. The summed E-state index contributed by atoms with van der Waals surface area (Å²) in [7, 11) is 0. The van der Waals surface area contributed by atoms with Gasteiger partial charge in [-0.1, -0.05) is 0 Å². The van der Waals surface area contributed by atoms with E-state index in [1.807, 2.05) is 0 Å². The van der Waals surface area contributed by atoms with Crippen LogP contribution < -0.4 is 5.73 Å². The Morgan fingerprint density at radius 3 is 1.33 bits per heavy atom. The van der Waals surface area contributed by atoms with E-state index in [2.05, 4.69) is 0 Å². The molecule has 7 N–H and O–H groups in total. The van der Waals surface area contributed by atoms with Gasteiger partial charge in [0.15, 0.2) is 6.29 Å². The molecule has 76 valence electrons. The van der Waals surface area contributed by atoms with Crippen molar-refractivity contribution in [2.45, 2.75) is 6.29 Å². The van der Waals surface area contributed by atoms with Gasteiger partial charge in [-0.25, -0.2) is 0 Å². The maximum absolute atomic E-state index is 8.25. The molecule has 6 heteroatoms. The molecule has 0 amide bonds. The minimum absolute atomic E-state index is 0.0972. The maximum atomic E-state index is 8.25. The van der Waals surface area contributed by atoms with Crippen LogP contribution in [-0.4, -0.2) is 58.2 Å². The van der Waals surface area contributed by atoms with Crippen LogP contribution in [0.4, 0.5) is 0 Å². The van der Waals surface area contributed by atoms with Crippen LogP contribution in [0.5, 0.6) is 0 Å². The van der Waals surface area contributed by atoms with Crippen molar-refractivity contribution in [3.63, 3.8) is 0 Å². The maximum Gasteiger partial charge on any atom is 0.158 e. The molecule has 0 atom stereocenters. The van der Waals surface area contributed by atoms with Gasteiger partial charge < -0.3 is 31.3 Å². The minimum Gasteiger partial charge on any atom is -0.396 e. The number of hydrogen-bond acceptors (Lipinski definition) is 6. The van der Waals surface area contributed by atoms with Crippen molar-refractivity contribution < 1.29 is 25.5 Å². The van der Waals surface area contributed by atoms with Crippen LogP contribution in [-0.2, 0) is 0 Å². The summed E-state index contributed by atoms with van der Waals surface area (Å²) in [5.41, 5.74) is 4.78. The number of aliphatic hydroxyl groups excluding tert-OH is 4. The van der Waals surface area contributed by atoms with Crippen molar-refractivity contribution in [1.29, 1.82) is 0 Å². The smallest absolute Gasteiger partial charge is 0.158 e. The lowest BCUT2D eigenvalue weighted by atomic mass is 10.2. The van der Waals surface area contributed by atoms with Crippen LogP contribution in [0.1, 0.15) is 0 Å². The van der Waals surface area contributed by atoms with E-state index in [4.69, 9.17) is 31.3 Å². The Bertz CT molecular complexity index is 74.3. The lowest BCUT2D eigenvalue weighted by Gasteiger charge is -2.11. The third-order valence-corrected chi connectivity index (χ3v) is 1.02. The van der Waals surface area contributed by atoms with Gasteiger partial charge in [0.1, 0.15) is 0 Å². The third-order valence-electron chi connectivity index (χ3n) is 1.02. The molecule has 0 spiro atoms. The fraction of sp³-hybridized carbons (Fsp3) is 1.00. The Morgan fingerprint density at radius 1 is 1.00 bits per heavy atom. The predicted octanol–water partition coefficient (Wildman–Crippen LogP) is -3.16. The highest BCUT2D eigenvalue weighted by atomic mass is 16.5. The fourth-order valence-corrected chi connectivity index (χ4v) is 0.246. The summed E-state index contributed by atoms with van der Waals surface area (Å²) >= 11 is 0. The molecule has 0 aliphatic rings. The van der Waals surface area contributed by atoms with Crippen LogP contribution in [0.25, 0.3) is 0 Å². The third kappa shape index (κ3) is 9.76. The lowest BCUT2D eigenvalue weighted by Crippen LogP contribution is -2.26. The Balaban J connectivity index is 0. The predicted molar refractivity (Wildman–Crippen MR) is 42.0 cm³/mol. The minimum atomic E-state index is -1.62. The first-order valence-electron chi connectivity index (χ1n) is 3.52. The van der Waals surface area contributed by atoms with Crippen LogP contribution in [0.2, 0.25) is 0 Å². The van der Waals surface area contributed by atoms with E-state index in [0.29, 0.717) is 6.54 Å². The van der Waals surface area contributed by atoms with Gasteiger partial charge in [0.05, 0.1) is 25.7 Å². The van der Waals surface area contributed by atoms with Crippen molar-refractivity contribution >= 4 is 0 Å². The average Bonchev–Trinajstić information content (AvgIpc) is 2.07. The first-order chi connectivity index (χ1) is 5.63. The summed E-state index contributed by atoms with van der Waals surface area (Å²) in [6, 6.07) is 0. The van der Waals surface area contributed by atoms with Crippen molar-refractivity contribution in [2.24, 2.45) is 11.7 Å². The van der Waals surface area contributed by atoms with Gasteiger partial charge >= 0.3 is 0 Å². The summed E-state index contributed by atoms with van der Waals surface area (Å²) < 4.78 is 0. The lowest BCUT2D eigenvalue weighted by molar-refractivity contribution is -0.109. The molecule has 0 aliphatic carbocycles. The molecule has 0 fully saturated rings. The zero-order valence-electron chi connectivity index (χ0n) is 6.80. The van der Waals surface area contributed by atoms with Gasteiger partial charge in [0, 0.05) is 6.54 Å². The van der Waals surface area contributed by atoms with Crippen LogP contribution in [0.15, 0.2) is 0 Å². The van der Waals surface area contributed by atoms with Crippen molar-refractivity contribution in [3.8, 4) is 0 Å². The monoisotopic (exact) mass is 183 g/mol. The number of nitrogens with two attached hydrogens (primary N) is 1. The molecule has 12 heavy (non-hydrogen) atoms. The number of aliphatic hydroxyl groups is 5. The Hall–Kier alpha value is -0.240. The highest BCUT2D eigenvalue weighted by Gasteiger charge is 2.12.